The Hall–Kier alpha value is -1.70. The average molecular weight is 456 g/mol. The van der Waals surface area contributed by atoms with Gasteiger partial charge in [-0.1, -0.05) is 12.1 Å². The summed E-state index contributed by atoms with van der Waals surface area (Å²) in [7, 11) is 0. The van der Waals surface area contributed by atoms with Gasteiger partial charge in [0, 0.05) is 25.5 Å². The molecule has 1 aromatic carbocycles. The van der Waals surface area contributed by atoms with Crippen molar-refractivity contribution < 1.29 is 4.39 Å². The number of guanidine groups is 1. The van der Waals surface area contributed by atoms with Crippen molar-refractivity contribution in [3.8, 4) is 0 Å². The number of nitrogens with zero attached hydrogens (tertiary/aromatic N) is 2. The summed E-state index contributed by atoms with van der Waals surface area (Å²) in [5.41, 5.74) is 4.12. The zero-order valence-electron chi connectivity index (χ0n) is 15.0. The van der Waals surface area contributed by atoms with Gasteiger partial charge in [-0.15, -0.1) is 24.0 Å². The highest BCUT2D eigenvalue weighted by molar-refractivity contribution is 14.0. The number of aromatic nitrogens is 1. The van der Waals surface area contributed by atoms with Crippen molar-refractivity contribution in [2.75, 3.05) is 13.1 Å². The van der Waals surface area contributed by atoms with Gasteiger partial charge in [0.05, 0.1) is 6.54 Å². The highest BCUT2D eigenvalue weighted by atomic mass is 127. The van der Waals surface area contributed by atoms with Crippen molar-refractivity contribution in [2.24, 2.45) is 4.99 Å². The molecular weight excluding hydrogens is 430 g/mol. The van der Waals surface area contributed by atoms with Crippen LogP contribution in [0.25, 0.3) is 0 Å². The van der Waals surface area contributed by atoms with E-state index in [1.807, 2.05) is 31.5 Å². The first-order valence-corrected chi connectivity index (χ1v) is 8.27. The Morgan fingerprint density at radius 3 is 2.64 bits per heavy atom. The molecular formula is C19H26FIN4. The third-order valence-corrected chi connectivity index (χ3v) is 3.81. The predicted molar refractivity (Wildman–Crippen MR) is 112 cm³/mol. The Morgan fingerprint density at radius 1 is 1.16 bits per heavy atom. The Morgan fingerprint density at radius 2 is 1.96 bits per heavy atom. The molecule has 0 atom stereocenters. The lowest BCUT2D eigenvalue weighted by Gasteiger charge is -2.12. The smallest absolute Gasteiger partial charge is 0.191 e. The van der Waals surface area contributed by atoms with E-state index in [4.69, 9.17) is 0 Å². The summed E-state index contributed by atoms with van der Waals surface area (Å²) < 4.78 is 13.3. The maximum atomic E-state index is 13.3. The van der Waals surface area contributed by atoms with E-state index in [-0.39, 0.29) is 29.8 Å². The highest BCUT2D eigenvalue weighted by Crippen LogP contribution is 2.10. The second-order valence-electron chi connectivity index (χ2n) is 5.76. The quantitative estimate of drug-likeness (QED) is 0.396. The average Bonchev–Trinajstić information content (AvgIpc) is 2.57. The van der Waals surface area contributed by atoms with E-state index in [1.54, 1.807) is 13.0 Å². The number of hydrogen-bond acceptors (Lipinski definition) is 2. The number of hydrogen-bond donors (Lipinski definition) is 2. The number of aliphatic imine (C=N–C) groups is 1. The highest BCUT2D eigenvalue weighted by Gasteiger charge is 2.02. The molecule has 0 amide bonds. The molecule has 2 rings (SSSR count). The van der Waals surface area contributed by atoms with Crippen molar-refractivity contribution >= 4 is 29.9 Å². The molecule has 0 spiro atoms. The molecule has 6 heteroatoms. The fraction of sp³-hybridized carbons (Fsp3) is 0.368. The molecule has 136 valence electrons. The van der Waals surface area contributed by atoms with E-state index in [0.29, 0.717) is 12.1 Å². The van der Waals surface area contributed by atoms with Crippen molar-refractivity contribution in [1.82, 2.24) is 15.6 Å². The number of aryl methyl sites for hydroxylation is 2. The molecule has 1 aromatic heterocycles. The summed E-state index contributed by atoms with van der Waals surface area (Å²) in [6, 6.07) is 7.15. The fourth-order valence-corrected chi connectivity index (χ4v) is 2.42. The van der Waals surface area contributed by atoms with E-state index in [0.717, 1.165) is 31.0 Å². The molecule has 4 nitrogen and oxygen atoms in total. The van der Waals surface area contributed by atoms with Crippen LogP contribution in [-0.2, 0) is 13.0 Å². The minimum absolute atomic E-state index is 0. The Bertz CT molecular complexity index is 704. The number of halogens is 2. The molecule has 0 saturated carbocycles. The second kappa shape index (κ2) is 11.0. The van der Waals surface area contributed by atoms with Crippen LogP contribution in [0.5, 0.6) is 0 Å². The molecule has 0 aliphatic heterocycles. The van der Waals surface area contributed by atoms with Crippen molar-refractivity contribution in [1.29, 1.82) is 0 Å². The van der Waals surface area contributed by atoms with Gasteiger partial charge in [-0.3, -0.25) is 4.98 Å². The molecule has 1 heterocycles. The van der Waals surface area contributed by atoms with Crippen LogP contribution in [0.1, 0.15) is 29.2 Å². The van der Waals surface area contributed by atoms with Crippen LogP contribution < -0.4 is 10.6 Å². The van der Waals surface area contributed by atoms with Gasteiger partial charge in [0.1, 0.15) is 5.82 Å². The lowest BCUT2D eigenvalue weighted by molar-refractivity contribution is 0.617. The van der Waals surface area contributed by atoms with Gasteiger partial charge in [0.15, 0.2) is 5.96 Å². The zero-order valence-corrected chi connectivity index (χ0v) is 17.3. The van der Waals surface area contributed by atoms with Crippen molar-refractivity contribution in [3.63, 3.8) is 0 Å². The molecule has 25 heavy (non-hydrogen) atoms. The van der Waals surface area contributed by atoms with Crippen LogP contribution in [0.2, 0.25) is 0 Å². The number of benzene rings is 1. The van der Waals surface area contributed by atoms with Crippen LogP contribution in [0, 0.1) is 19.7 Å². The second-order valence-corrected chi connectivity index (χ2v) is 5.76. The number of rotatable bonds is 6. The minimum atomic E-state index is -0.180. The molecule has 0 aliphatic carbocycles. The number of nitrogens with one attached hydrogen (secondary N) is 2. The van der Waals surface area contributed by atoms with Gasteiger partial charge in [-0.2, -0.15) is 0 Å². The maximum absolute atomic E-state index is 13.3. The topological polar surface area (TPSA) is 49.3 Å². The first kappa shape index (κ1) is 21.3. The monoisotopic (exact) mass is 456 g/mol. The lowest BCUT2D eigenvalue weighted by Crippen LogP contribution is -2.38. The summed E-state index contributed by atoms with van der Waals surface area (Å²) in [4.78, 5) is 8.68. The zero-order chi connectivity index (χ0) is 17.4. The summed E-state index contributed by atoms with van der Waals surface area (Å²) >= 11 is 0. The van der Waals surface area contributed by atoms with Crippen LogP contribution in [0.4, 0.5) is 4.39 Å². The molecule has 2 aromatic rings. The van der Waals surface area contributed by atoms with Gasteiger partial charge in [-0.05, 0) is 61.6 Å². The normalized spacial score (nSPS) is 11.0. The minimum Gasteiger partial charge on any atom is -0.357 e. The van der Waals surface area contributed by atoms with E-state index in [2.05, 4.69) is 27.5 Å². The first-order chi connectivity index (χ1) is 11.6. The van der Waals surface area contributed by atoms with E-state index in [9.17, 15) is 4.39 Å². The van der Waals surface area contributed by atoms with E-state index < -0.39 is 0 Å². The van der Waals surface area contributed by atoms with Gasteiger partial charge < -0.3 is 10.6 Å². The Kier molecular flexibility index (Phi) is 9.41. The fourth-order valence-electron chi connectivity index (χ4n) is 2.42. The Balaban J connectivity index is 0.00000312. The van der Waals surface area contributed by atoms with Gasteiger partial charge in [-0.25, -0.2) is 9.38 Å². The summed E-state index contributed by atoms with van der Waals surface area (Å²) in [6.07, 6.45) is 4.61. The van der Waals surface area contributed by atoms with E-state index >= 15 is 0 Å². The largest absolute Gasteiger partial charge is 0.357 e. The summed E-state index contributed by atoms with van der Waals surface area (Å²) in [5, 5.41) is 6.57. The Labute approximate surface area is 166 Å². The van der Waals surface area contributed by atoms with Crippen LogP contribution in [-0.4, -0.2) is 24.0 Å². The molecule has 0 bridgehead atoms. The maximum Gasteiger partial charge on any atom is 0.191 e. The molecule has 0 saturated heterocycles. The molecule has 2 N–H and O–H groups in total. The summed E-state index contributed by atoms with van der Waals surface area (Å²) in [6.45, 7) is 7.97. The van der Waals surface area contributed by atoms with Crippen LogP contribution >= 0.6 is 24.0 Å². The van der Waals surface area contributed by atoms with Crippen LogP contribution in [0.3, 0.4) is 0 Å². The summed E-state index contributed by atoms with van der Waals surface area (Å²) in [5.74, 6) is 0.590. The SMILES string of the molecule is CCNC(=NCc1ccc(F)c(C)c1)NCCc1ccncc1C.I. The van der Waals surface area contributed by atoms with E-state index in [1.165, 1.54) is 17.2 Å². The van der Waals surface area contributed by atoms with Gasteiger partial charge in [0.25, 0.3) is 0 Å². The molecule has 0 unspecified atom stereocenters. The molecule has 0 radical (unpaired) electrons. The third kappa shape index (κ3) is 6.97. The first-order valence-electron chi connectivity index (χ1n) is 8.27. The van der Waals surface area contributed by atoms with Crippen LogP contribution in [0.15, 0.2) is 41.7 Å². The third-order valence-electron chi connectivity index (χ3n) is 3.81. The standard InChI is InChI=1S/C19H25FN4.HI/c1-4-22-19(23-10-8-17-7-9-21-12-15(17)3)24-13-16-5-6-18(20)14(2)11-16;/h5-7,9,11-12H,4,8,10,13H2,1-3H3,(H2,22,23,24);1H. The lowest BCUT2D eigenvalue weighted by atomic mass is 10.1. The predicted octanol–water partition coefficient (Wildman–Crippen LogP) is 3.75. The molecule has 0 aliphatic rings. The number of pyridine rings is 1. The molecule has 0 fully saturated rings. The van der Waals surface area contributed by atoms with Gasteiger partial charge in [0.2, 0.25) is 0 Å². The van der Waals surface area contributed by atoms with Crippen molar-refractivity contribution in [3.05, 3.63) is 64.7 Å². The van der Waals surface area contributed by atoms with Gasteiger partial charge >= 0.3 is 0 Å². The van der Waals surface area contributed by atoms with Crippen molar-refractivity contribution in [2.45, 2.75) is 33.7 Å².